The van der Waals surface area contributed by atoms with E-state index in [0.29, 0.717) is 17.1 Å². The Bertz CT molecular complexity index is 758. The van der Waals surface area contributed by atoms with Crippen LogP contribution in [0.15, 0.2) is 54.6 Å². The van der Waals surface area contributed by atoms with Gasteiger partial charge >= 0.3 is 0 Å². The largest absolute Gasteiger partial charge is 0.497 e. The van der Waals surface area contributed by atoms with E-state index in [1.165, 1.54) is 7.11 Å². The predicted molar refractivity (Wildman–Crippen MR) is 90.3 cm³/mol. The number of anilines is 2. The third-order valence-electron chi connectivity index (χ3n) is 3.11. The van der Waals surface area contributed by atoms with Crippen LogP contribution in [0.5, 0.6) is 5.75 Å². The minimum Gasteiger partial charge on any atom is -0.497 e. The fourth-order valence-corrected chi connectivity index (χ4v) is 2.86. The number of hydrogen-bond acceptors (Lipinski definition) is 4. The summed E-state index contributed by atoms with van der Waals surface area (Å²) >= 11 is 0. The van der Waals surface area contributed by atoms with Gasteiger partial charge in [-0.25, -0.2) is 8.42 Å². The highest BCUT2D eigenvalue weighted by Gasteiger charge is 2.20. The van der Waals surface area contributed by atoms with Gasteiger partial charge in [0.15, 0.2) is 0 Å². The molecule has 0 saturated heterocycles. The molecule has 122 valence electrons. The van der Waals surface area contributed by atoms with Gasteiger partial charge in [-0.1, -0.05) is 18.2 Å². The molecule has 0 atom stereocenters. The SMILES string of the molecule is COc1ccc(N(CC(=O)Nc2ccccc2)S(C)(=O)=O)cc1. The van der Waals surface area contributed by atoms with E-state index in [-0.39, 0.29) is 6.54 Å². The molecule has 0 spiro atoms. The lowest BCUT2D eigenvalue weighted by molar-refractivity contribution is -0.114. The van der Waals surface area contributed by atoms with Crippen LogP contribution in [0.3, 0.4) is 0 Å². The molecule has 7 heteroatoms. The number of methoxy groups -OCH3 is 1. The first-order chi connectivity index (χ1) is 10.9. The molecule has 0 aliphatic heterocycles. The van der Waals surface area contributed by atoms with E-state index >= 15 is 0 Å². The zero-order valence-corrected chi connectivity index (χ0v) is 13.7. The molecule has 0 bridgehead atoms. The molecule has 0 aliphatic carbocycles. The monoisotopic (exact) mass is 334 g/mol. The average molecular weight is 334 g/mol. The topological polar surface area (TPSA) is 75.7 Å². The van der Waals surface area contributed by atoms with Crippen LogP contribution in [0.2, 0.25) is 0 Å². The Balaban J connectivity index is 2.17. The number of nitrogens with one attached hydrogen (secondary N) is 1. The summed E-state index contributed by atoms with van der Waals surface area (Å²) < 4.78 is 30.1. The Morgan fingerprint density at radius 3 is 2.22 bits per heavy atom. The van der Waals surface area contributed by atoms with Crippen LogP contribution in [0.1, 0.15) is 0 Å². The van der Waals surface area contributed by atoms with E-state index in [4.69, 9.17) is 4.74 Å². The molecule has 0 aliphatic rings. The lowest BCUT2D eigenvalue weighted by Crippen LogP contribution is -2.37. The number of amides is 1. The molecule has 0 fully saturated rings. The summed E-state index contributed by atoms with van der Waals surface area (Å²) in [6.07, 6.45) is 1.06. The lowest BCUT2D eigenvalue weighted by Gasteiger charge is -2.22. The van der Waals surface area contributed by atoms with Gasteiger partial charge in [0, 0.05) is 5.69 Å². The van der Waals surface area contributed by atoms with Gasteiger partial charge < -0.3 is 10.1 Å². The van der Waals surface area contributed by atoms with Gasteiger partial charge in [0.1, 0.15) is 12.3 Å². The lowest BCUT2D eigenvalue weighted by atomic mass is 10.3. The molecule has 0 unspecified atom stereocenters. The van der Waals surface area contributed by atoms with E-state index in [2.05, 4.69) is 5.32 Å². The summed E-state index contributed by atoms with van der Waals surface area (Å²) in [5, 5.41) is 2.67. The van der Waals surface area contributed by atoms with Gasteiger partial charge in [0.25, 0.3) is 0 Å². The first-order valence-electron chi connectivity index (χ1n) is 6.87. The van der Waals surface area contributed by atoms with Crippen LogP contribution in [0.4, 0.5) is 11.4 Å². The molecule has 0 saturated carbocycles. The summed E-state index contributed by atoms with van der Waals surface area (Å²) in [6.45, 7) is -0.305. The maximum atomic E-state index is 12.1. The number of ether oxygens (including phenoxy) is 1. The molecule has 1 amide bonds. The highest BCUT2D eigenvalue weighted by molar-refractivity contribution is 7.92. The van der Waals surface area contributed by atoms with E-state index in [0.717, 1.165) is 10.6 Å². The molecule has 6 nitrogen and oxygen atoms in total. The maximum absolute atomic E-state index is 12.1. The van der Waals surface area contributed by atoms with E-state index < -0.39 is 15.9 Å². The highest BCUT2D eigenvalue weighted by Crippen LogP contribution is 2.21. The van der Waals surface area contributed by atoms with Gasteiger partial charge in [0.05, 0.1) is 19.1 Å². The van der Waals surface area contributed by atoms with Gasteiger partial charge in [-0.3, -0.25) is 9.10 Å². The summed E-state index contributed by atoms with van der Waals surface area (Å²) in [7, 11) is -2.07. The van der Waals surface area contributed by atoms with Gasteiger partial charge in [-0.05, 0) is 36.4 Å². The number of hydrogen-bond donors (Lipinski definition) is 1. The first kappa shape index (κ1) is 16.8. The Hall–Kier alpha value is -2.54. The molecule has 1 N–H and O–H groups in total. The van der Waals surface area contributed by atoms with Crippen molar-refractivity contribution in [2.45, 2.75) is 0 Å². The summed E-state index contributed by atoms with van der Waals surface area (Å²) in [5.74, 6) is 0.188. The van der Waals surface area contributed by atoms with E-state index in [1.54, 1.807) is 48.5 Å². The van der Waals surface area contributed by atoms with Crippen molar-refractivity contribution in [1.82, 2.24) is 0 Å². The van der Waals surface area contributed by atoms with Crippen LogP contribution in [0, 0.1) is 0 Å². The molecule has 2 rings (SSSR count). The Morgan fingerprint density at radius 1 is 1.09 bits per heavy atom. The van der Waals surface area contributed by atoms with Crippen LogP contribution in [-0.4, -0.2) is 34.2 Å². The van der Waals surface area contributed by atoms with Gasteiger partial charge in [-0.2, -0.15) is 0 Å². The van der Waals surface area contributed by atoms with Crippen molar-refractivity contribution in [3.05, 3.63) is 54.6 Å². The molecule has 0 heterocycles. The number of nitrogens with zero attached hydrogens (tertiary/aromatic N) is 1. The third kappa shape index (κ3) is 4.72. The fraction of sp³-hybridized carbons (Fsp3) is 0.188. The summed E-state index contributed by atoms with van der Waals surface area (Å²) in [4.78, 5) is 12.1. The molecule has 2 aromatic carbocycles. The first-order valence-corrected chi connectivity index (χ1v) is 8.71. The minimum atomic E-state index is -3.59. The number of benzene rings is 2. The van der Waals surface area contributed by atoms with E-state index in [9.17, 15) is 13.2 Å². The standard InChI is InChI=1S/C16H18N2O4S/c1-22-15-10-8-14(9-11-15)18(23(2,20)21)12-16(19)17-13-6-4-3-5-7-13/h3-11H,12H2,1-2H3,(H,17,19). The van der Waals surface area contributed by atoms with Crippen molar-refractivity contribution in [2.75, 3.05) is 29.5 Å². The smallest absolute Gasteiger partial charge is 0.245 e. The Kier molecular flexibility index (Phi) is 5.23. The average Bonchev–Trinajstić information content (AvgIpc) is 2.53. The van der Waals surface area contributed by atoms with Crippen molar-refractivity contribution in [2.24, 2.45) is 0 Å². The van der Waals surface area contributed by atoms with Crippen LogP contribution in [0.25, 0.3) is 0 Å². The van der Waals surface area contributed by atoms with E-state index in [1.807, 2.05) is 6.07 Å². The molecule has 2 aromatic rings. The zero-order valence-electron chi connectivity index (χ0n) is 12.9. The highest BCUT2D eigenvalue weighted by atomic mass is 32.2. The number of para-hydroxylation sites is 1. The number of carbonyl (C=O) groups excluding carboxylic acids is 1. The second kappa shape index (κ2) is 7.15. The van der Waals surface area contributed by atoms with Crippen molar-refractivity contribution < 1.29 is 17.9 Å². The van der Waals surface area contributed by atoms with Gasteiger partial charge in [-0.15, -0.1) is 0 Å². The summed E-state index contributed by atoms with van der Waals surface area (Å²) in [6, 6.07) is 15.3. The van der Waals surface area contributed by atoms with Crippen molar-refractivity contribution in [3.8, 4) is 5.75 Å². The molecule has 23 heavy (non-hydrogen) atoms. The number of sulfonamides is 1. The summed E-state index contributed by atoms with van der Waals surface area (Å²) in [5.41, 5.74) is 1.01. The maximum Gasteiger partial charge on any atom is 0.245 e. The van der Waals surface area contributed by atoms with Crippen LogP contribution < -0.4 is 14.4 Å². The third-order valence-corrected chi connectivity index (χ3v) is 4.25. The Labute approximate surface area is 135 Å². The Morgan fingerprint density at radius 2 is 1.70 bits per heavy atom. The van der Waals surface area contributed by atoms with Gasteiger partial charge in [0.2, 0.25) is 15.9 Å². The zero-order chi connectivity index (χ0) is 16.9. The number of rotatable bonds is 6. The molecule has 0 aromatic heterocycles. The van der Waals surface area contributed by atoms with Crippen LogP contribution in [-0.2, 0) is 14.8 Å². The second-order valence-electron chi connectivity index (χ2n) is 4.88. The fourth-order valence-electron chi connectivity index (χ4n) is 2.00. The number of carbonyl (C=O) groups is 1. The predicted octanol–water partition coefficient (Wildman–Crippen LogP) is 2.10. The van der Waals surface area contributed by atoms with Crippen molar-refractivity contribution in [3.63, 3.8) is 0 Å². The molecular weight excluding hydrogens is 316 g/mol. The second-order valence-corrected chi connectivity index (χ2v) is 6.79. The van der Waals surface area contributed by atoms with Crippen LogP contribution >= 0.6 is 0 Å². The molecule has 0 radical (unpaired) electrons. The normalized spacial score (nSPS) is 10.9. The van der Waals surface area contributed by atoms with Crippen molar-refractivity contribution in [1.29, 1.82) is 0 Å². The molecular formula is C16H18N2O4S. The minimum absolute atomic E-state index is 0.305. The quantitative estimate of drug-likeness (QED) is 0.878. The van der Waals surface area contributed by atoms with Crippen molar-refractivity contribution >= 4 is 27.3 Å².